The van der Waals surface area contributed by atoms with Gasteiger partial charge >= 0.3 is 0 Å². The lowest BCUT2D eigenvalue weighted by Gasteiger charge is -2.18. The fourth-order valence-electron chi connectivity index (χ4n) is 5.29. The van der Waals surface area contributed by atoms with Gasteiger partial charge in [0.15, 0.2) is 0 Å². The molecular weight excluding hydrogens is 446 g/mol. The van der Waals surface area contributed by atoms with Crippen LogP contribution in [-0.2, 0) is 0 Å². The van der Waals surface area contributed by atoms with E-state index in [2.05, 4.69) is 135 Å². The van der Waals surface area contributed by atoms with Crippen molar-refractivity contribution in [1.82, 2.24) is 0 Å². The van der Waals surface area contributed by atoms with Crippen molar-refractivity contribution >= 4 is 38.0 Å². The topological polar surface area (TPSA) is 26.0 Å². The molecule has 0 saturated carbocycles. The van der Waals surface area contributed by atoms with Crippen LogP contribution in [-0.4, -0.2) is 0 Å². The summed E-state index contributed by atoms with van der Waals surface area (Å²) in [5.74, 6) is 0. The zero-order valence-electron chi connectivity index (χ0n) is 21.2. The molecule has 0 aromatic heterocycles. The van der Waals surface area contributed by atoms with Crippen LogP contribution in [0.2, 0.25) is 0 Å². The van der Waals surface area contributed by atoms with Crippen molar-refractivity contribution in [3.63, 3.8) is 0 Å². The first-order valence-corrected chi connectivity index (χ1v) is 12.7. The average molecular weight is 476 g/mol. The number of hydrogen-bond acceptors (Lipinski definition) is 1. The molecule has 0 spiro atoms. The Balaban J connectivity index is 1.63. The summed E-state index contributed by atoms with van der Waals surface area (Å²) in [5, 5.41) is 7.45. The molecule has 1 heteroatoms. The highest BCUT2D eigenvalue weighted by molar-refractivity contribution is 6.21. The molecule has 0 aliphatic carbocycles. The minimum Gasteiger partial charge on any atom is -0.398 e. The van der Waals surface area contributed by atoms with E-state index in [1.165, 1.54) is 60.1 Å². The number of nitrogens with two attached hydrogens (primary N) is 1. The Hall–Kier alpha value is -4.62. The van der Waals surface area contributed by atoms with Gasteiger partial charge in [-0.1, -0.05) is 115 Å². The van der Waals surface area contributed by atoms with Gasteiger partial charge in [-0.25, -0.2) is 0 Å². The number of allylic oxidation sites excluding steroid dienone is 3. The van der Waals surface area contributed by atoms with Gasteiger partial charge in [0.2, 0.25) is 0 Å². The van der Waals surface area contributed by atoms with Crippen LogP contribution in [0.25, 0.3) is 60.3 Å². The SMILES string of the molecule is CC(C)=C/C=C(\N)c1ccc2ccc(-c3c4ccccc4c(-c4ccccc4)c4ccccc34)cc2c1. The Bertz CT molecular complexity index is 1780. The largest absolute Gasteiger partial charge is 0.398 e. The van der Waals surface area contributed by atoms with Gasteiger partial charge in [-0.3, -0.25) is 0 Å². The molecule has 6 aromatic carbocycles. The molecule has 0 heterocycles. The standard InChI is InChI=1S/C36H29N/c1-24(2)16-21-34(37)27-19-17-25-18-20-28(23-29(25)22-27)36-32-14-8-6-12-30(32)35(26-10-4-3-5-11-26)31-13-7-9-15-33(31)36/h3-23H,37H2,1-2H3/b34-21-. The predicted octanol–water partition coefficient (Wildman–Crippen LogP) is 9.75. The molecule has 0 aliphatic rings. The summed E-state index contributed by atoms with van der Waals surface area (Å²) < 4.78 is 0. The van der Waals surface area contributed by atoms with Gasteiger partial charge in [0.05, 0.1) is 0 Å². The van der Waals surface area contributed by atoms with Crippen molar-refractivity contribution in [3.05, 3.63) is 139 Å². The highest BCUT2D eigenvalue weighted by Crippen LogP contribution is 2.43. The second kappa shape index (κ2) is 9.44. The lowest BCUT2D eigenvalue weighted by Crippen LogP contribution is -1.95. The van der Waals surface area contributed by atoms with E-state index < -0.39 is 0 Å². The molecular formula is C36H29N. The van der Waals surface area contributed by atoms with Crippen LogP contribution in [0.1, 0.15) is 19.4 Å². The molecule has 2 N–H and O–H groups in total. The van der Waals surface area contributed by atoms with Crippen molar-refractivity contribution in [2.75, 3.05) is 0 Å². The van der Waals surface area contributed by atoms with Gasteiger partial charge in [0.25, 0.3) is 0 Å². The third kappa shape index (κ3) is 4.19. The highest BCUT2D eigenvalue weighted by Gasteiger charge is 2.16. The third-order valence-electron chi connectivity index (χ3n) is 7.05. The van der Waals surface area contributed by atoms with E-state index in [0.717, 1.165) is 11.3 Å². The molecule has 0 amide bonds. The van der Waals surface area contributed by atoms with Crippen LogP contribution in [0.5, 0.6) is 0 Å². The van der Waals surface area contributed by atoms with Crippen molar-refractivity contribution in [2.24, 2.45) is 5.73 Å². The fourth-order valence-corrected chi connectivity index (χ4v) is 5.29. The second-order valence-electron chi connectivity index (χ2n) is 9.85. The smallest absolute Gasteiger partial charge is 0.0387 e. The minimum absolute atomic E-state index is 0.775. The second-order valence-corrected chi connectivity index (χ2v) is 9.85. The Morgan fingerprint density at radius 1 is 0.514 bits per heavy atom. The molecule has 0 unspecified atom stereocenters. The summed E-state index contributed by atoms with van der Waals surface area (Å²) in [6.45, 7) is 4.16. The van der Waals surface area contributed by atoms with Gasteiger partial charge in [0, 0.05) is 5.70 Å². The summed E-state index contributed by atoms with van der Waals surface area (Å²) in [4.78, 5) is 0. The first-order chi connectivity index (χ1) is 18.1. The maximum absolute atomic E-state index is 6.42. The normalized spacial score (nSPS) is 11.8. The maximum atomic E-state index is 6.42. The van der Waals surface area contributed by atoms with E-state index in [0.29, 0.717) is 0 Å². The first-order valence-electron chi connectivity index (χ1n) is 12.7. The number of fused-ring (bicyclic) bond motifs is 3. The van der Waals surface area contributed by atoms with Crippen LogP contribution < -0.4 is 5.73 Å². The summed E-state index contributed by atoms with van der Waals surface area (Å²) in [6.07, 6.45) is 4.05. The molecule has 0 aliphatic heterocycles. The molecule has 1 nitrogen and oxygen atoms in total. The van der Waals surface area contributed by atoms with Crippen molar-refractivity contribution in [3.8, 4) is 22.3 Å². The number of benzene rings is 6. The van der Waals surface area contributed by atoms with E-state index >= 15 is 0 Å². The van der Waals surface area contributed by atoms with Crippen molar-refractivity contribution in [2.45, 2.75) is 13.8 Å². The molecule has 37 heavy (non-hydrogen) atoms. The van der Waals surface area contributed by atoms with E-state index in [-0.39, 0.29) is 0 Å². The minimum atomic E-state index is 0.775. The maximum Gasteiger partial charge on any atom is 0.0387 e. The Labute approximate surface area is 218 Å². The summed E-state index contributed by atoms with van der Waals surface area (Å²) in [6, 6.07) is 41.5. The van der Waals surface area contributed by atoms with Gasteiger partial charge in [0.1, 0.15) is 0 Å². The summed E-state index contributed by atoms with van der Waals surface area (Å²) in [7, 11) is 0. The molecule has 0 radical (unpaired) electrons. The molecule has 0 bridgehead atoms. The van der Waals surface area contributed by atoms with Gasteiger partial charge in [-0.2, -0.15) is 0 Å². The fraction of sp³-hybridized carbons (Fsp3) is 0.0556. The van der Waals surface area contributed by atoms with E-state index in [4.69, 9.17) is 5.73 Å². The Morgan fingerprint density at radius 3 is 1.65 bits per heavy atom. The zero-order valence-corrected chi connectivity index (χ0v) is 21.2. The third-order valence-corrected chi connectivity index (χ3v) is 7.05. The molecule has 6 aromatic rings. The van der Waals surface area contributed by atoms with Gasteiger partial charge in [-0.05, 0) is 92.2 Å². The lowest BCUT2D eigenvalue weighted by atomic mass is 9.85. The quantitative estimate of drug-likeness (QED) is 0.199. The van der Waals surface area contributed by atoms with Crippen LogP contribution in [0.15, 0.2) is 133 Å². The Kier molecular flexibility index (Phi) is 5.82. The molecule has 178 valence electrons. The van der Waals surface area contributed by atoms with Crippen LogP contribution in [0.3, 0.4) is 0 Å². The lowest BCUT2D eigenvalue weighted by molar-refractivity contribution is 1.39. The molecule has 6 rings (SSSR count). The monoisotopic (exact) mass is 475 g/mol. The molecule has 0 atom stereocenters. The van der Waals surface area contributed by atoms with E-state index in [1.54, 1.807) is 0 Å². The van der Waals surface area contributed by atoms with E-state index in [1.807, 2.05) is 6.08 Å². The summed E-state index contributed by atoms with van der Waals surface area (Å²) >= 11 is 0. The van der Waals surface area contributed by atoms with Crippen LogP contribution >= 0.6 is 0 Å². The van der Waals surface area contributed by atoms with Crippen LogP contribution in [0, 0.1) is 0 Å². The number of rotatable bonds is 4. The van der Waals surface area contributed by atoms with Gasteiger partial charge < -0.3 is 5.73 Å². The predicted molar refractivity (Wildman–Crippen MR) is 161 cm³/mol. The number of hydrogen-bond donors (Lipinski definition) is 1. The first kappa shape index (κ1) is 22.8. The summed E-state index contributed by atoms with van der Waals surface area (Å²) in [5.41, 5.74) is 14.5. The Morgan fingerprint density at radius 2 is 1.05 bits per heavy atom. The van der Waals surface area contributed by atoms with Crippen LogP contribution in [0.4, 0.5) is 0 Å². The average Bonchev–Trinajstić information content (AvgIpc) is 2.94. The van der Waals surface area contributed by atoms with E-state index in [9.17, 15) is 0 Å². The van der Waals surface area contributed by atoms with Gasteiger partial charge in [-0.15, -0.1) is 0 Å². The van der Waals surface area contributed by atoms with Crippen molar-refractivity contribution < 1.29 is 0 Å². The highest BCUT2D eigenvalue weighted by atomic mass is 14.6. The van der Waals surface area contributed by atoms with Crippen molar-refractivity contribution in [1.29, 1.82) is 0 Å². The molecule has 0 fully saturated rings. The zero-order chi connectivity index (χ0) is 25.4. The molecule has 0 saturated heterocycles.